The van der Waals surface area contributed by atoms with Crippen molar-refractivity contribution < 1.29 is 29.0 Å². The Hall–Kier alpha value is -3.50. The zero-order valence-corrected chi connectivity index (χ0v) is 23.3. The van der Waals surface area contributed by atoms with Crippen molar-refractivity contribution in [2.45, 2.75) is 81.5 Å². The number of anilines is 1. The van der Waals surface area contributed by atoms with Crippen molar-refractivity contribution in [1.82, 2.24) is 10.2 Å². The maximum atomic E-state index is 14.2. The molecule has 0 radical (unpaired) electrons. The second kappa shape index (κ2) is 12.6. The molecule has 0 unspecified atom stereocenters. The molecule has 1 aliphatic carbocycles. The van der Waals surface area contributed by atoms with Gasteiger partial charge in [0, 0.05) is 44.7 Å². The molecular weight excluding hydrogens is 524 g/mol. The van der Waals surface area contributed by atoms with Crippen LogP contribution in [0.2, 0.25) is 0 Å². The molecule has 220 valence electrons. The van der Waals surface area contributed by atoms with Gasteiger partial charge in [-0.05, 0) is 35.2 Å². The minimum absolute atomic E-state index is 0.0113. The highest BCUT2D eigenvalue weighted by Crippen LogP contribution is 2.31. The SMILES string of the molecule is NC(=O)C(=O)C1(NC(=O)[C@@H]2C[C@H](O)CN2C(=O)[C@@H](CC2CCCCC2)Nc2ccc3ccccc3c2)CCOCC1. The summed E-state index contributed by atoms with van der Waals surface area (Å²) in [6, 6.07) is 12.4. The van der Waals surface area contributed by atoms with Crippen LogP contribution in [0.5, 0.6) is 0 Å². The molecule has 5 N–H and O–H groups in total. The Morgan fingerprint density at radius 1 is 1.02 bits per heavy atom. The molecule has 3 fully saturated rings. The van der Waals surface area contributed by atoms with Crippen molar-refractivity contribution in [3.8, 4) is 0 Å². The number of hydrogen-bond acceptors (Lipinski definition) is 7. The molecular formula is C31H40N4O6. The molecule has 0 aromatic heterocycles. The van der Waals surface area contributed by atoms with Gasteiger partial charge in [0.1, 0.15) is 17.6 Å². The fourth-order valence-electron chi connectivity index (χ4n) is 6.65. The van der Waals surface area contributed by atoms with Crippen molar-refractivity contribution in [2.24, 2.45) is 11.7 Å². The number of nitrogens with zero attached hydrogens (tertiary/aromatic N) is 1. The van der Waals surface area contributed by atoms with Crippen molar-refractivity contribution in [3.05, 3.63) is 42.5 Å². The zero-order valence-electron chi connectivity index (χ0n) is 23.3. The molecule has 0 bridgehead atoms. The molecule has 2 aliphatic heterocycles. The molecule has 3 atom stereocenters. The summed E-state index contributed by atoms with van der Waals surface area (Å²) in [7, 11) is 0. The van der Waals surface area contributed by atoms with Gasteiger partial charge >= 0.3 is 0 Å². The quantitative estimate of drug-likeness (QED) is 0.341. The molecule has 2 aromatic rings. The van der Waals surface area contributed by atoms with E-state index in [1.54, 1.807) is 0 Å². The number of benzene rings is 2. The smallest absolute Gasteiger partial charge is 0.287 e. The number of β-amino-alcohol motifs (C(OH)–C–C–N with tert-alkyl or cyclic N) is 1. The minimum atomic E-state index is -1.48. The first-order valence-electron chi connectivity index (χ1n) is 14.7. The van der Waals surface area contributed by atoms with Gasteiger partial charge < -0.3 is 31.1 Å². The summed E-state index contributed by atoms with van der Waals surface area (Å²) >= 11 is 0. The lowest BCUT2D eigenvalue weighted by atomic mass is 9.84. The summed E-state index contributed by atoms with van der Waals surface area (Å²) in [5.41, 5.74) is 4.66. The third kappa shape index (κ3) is 6.54. The van der Waals surface area contributed by atoms with Crippen LogP contribution < -0.4 is 16.4 Å². The minimum Gasteiger partial charge on any atom is -0.391 e. The zero-order chi connectivity index (χ0) is 29.0. The predicted octanol–water partition coefficient (Wildman–Crippen LogP) is 2.27. The summed E-state index contributed by atoms with van der Waals surface area (Å²) < 4.78 is 5.36. The fraction of sp³-hybridized carbons (Fsp3) is 0.548. The number of likely N-dealkylation sites (tertiary alicyclic amines) is 1. The van der Waals surface area contributed by atoms with Gasteiger partial charge in [-0.3, -0.25) is 19.2 Å². The number of aliphatic hydroxyl groups excluding tert-OH is 1. The highest BCUT2D eigenvalue weighted by atomic mass is 16.5. The van der Waals surface area contributed by atoms with Gasteiger partial charge in [-0.25, -0.2) is 0 Å². The van der Waals surface area contributed by atoms with Crippen molar-refractivity contribution >= 4 is 40.0 Å². The first-order chi connectivity index (χ1) is 19.8. The maximum absolute atomic E-state index is 14.2. The highest BCUT2D eigenvalue weighted by Gasteiger charge is 2.48. The van der Waals surface area contributed by atoms with E-state index >= 15 is 0 Å². The van der Waals surface area contributed by atoms with Crippen LogP contribution in [0, 0.1) is 5.92 Å². The van der Waals surface area contributed by atoms with E-state index in [1.807, 2.05) is 42.5 Å². The van der Waals surface area contributed by atoms with Crippen molar-refractivity contribution in [2.75, 3.05) is 25.1 Å². The number of Topliss-reactive ketones (excluding diaryl/α,β-unsaturated/α-hetero) is 1. The molecule has 0 spiro atoms. The summed E-state index contributed by atoms with van der Waals surface area (Å²) in [6.45, 7) is 0.389. The predicted molar refractivity (Wildman–Crippen MR) is 154 cm³/mol. The second-order valence-corrected chi connectivity index (χ2v) is 11.8. The molecule has 3 aliphatic rings. The van der Waals surface area contributed by atoms with Crippen LogP contribution in [0.25, 0.3) is 10.8 Å². The summed E-state index contributed by atoms with van der Waals surface area (Å²) in [6.07, 6.45) is 5.56. The molecule has 1 saturated carbocycles. The molecule has 2 saturated heterocycles. The third-order valence-electron chi connectivity index (χ3n) is 8.91. The fourth-order valence-corrected chi connectivity index (χ4v) is 6.65. The Morgan fingerprint density at radius 3 is 2.44 bits per heavy atom. The van der Waals surface area contributed by atoms with Crippen molar-refractivity contribution in [3.63, 3.8) is 0 Å². The van der Waals surface area contributed by atoms with E-state index < -0.39 is 41.3 Å². The molecule has 10 heteroatoms. The number of ketones is 1. The molecule has 10 nitrogen and oxygen atoms in total. The molecule has 3 amide bonds. The average molecular weight is 565 g/mol. The monoisotopic (exact) mass is 564 g/mol. The van der Waals surface area contributed by atoms with Gasteiger partial charge in [-0.15, -0.1) is 0 Å². The van der Waals surface area contributed by atoms with E-state index in [0.717, 1.165) is 42.1 Å². The van der Waals surface area contributed by atoms with Crippen LogP contribution in [0.3, 0.4) is 0 Å². The number of rotatable bonds is 9. The maximum Gasteiger partial charge on any atom is 0.287 e. The Labute approximate surface area is 240 Å². The number of hydrogen-bond donors (Lipinski definition) is 4. The van der Waals surface area contributed by atoms with Gasteiger partial charge in [-0.2, -0.15) is 0 Å². The summed E-state index contributed by atoms with van der Waals surface area (Å²) in [5.74, 6) is -2.46. The number of amides is 3. The van der Waals surface area contributed by atoms with Gasteiger partial charge in [0.2, 0.25) is 17.6 Å². The standard InChI is InChI=1S/C31H40N4O6/c32-28(38)27(37)31(12-14-41-15-13-31)34-29(39)26-18-24(36)19-35(26)30(40)25(16-20-6-2-1-3-7-20)33-23-11-10-21-8-4-5-9-22(21)17-23/h4-5,8-11,17,20,24-26,33,36H,1-3,6-7,12-16,18-19H2,(H2,32,38)(H,34,39)/t24-,25+,26-/m0/s1. The molecule has 41 heavy (non-hydrogen) atoms. The molecule has 2 aromatic carbocycles. The van der Waals surface area contributed by atoms with E-state index in [0.29, 0.717) is 12.3 Å². The Morgan fingerprint density at radius 2 is 1.73 bits per heavy atom. The Kier molecular flexibility index (Phi) is 8.89. The van der Waals surface area contributed by atoms with Crippen molar-refractivity contribution in [1.29, 1.82) is 0 Å². The van der Waals surface area contributed by atoms with Crippen LogP contribution in [0.4, 0.5) is 5.69 Å². The number of primary amides is 1. The first kappa shape index (κ1) is 29.0. The lowest BCUT2D eigenvalue weighted by molar-refractivity contribution is -0.147. The molecule has 5 rings (SSSR count). The number of aliphatic hydroxyl groups is 1. The van der Waals surface area contributed by atoms with E-state index in [9.17, 15) is 24.3 Å². The topological polar surface area (TPSA) is 151 Å². The Bertz CT molecular complexity index is 1290. The number of nitrogens with one attached hydrogen (secondary N) is 2. The second-order valence-electron chi connectivity index (χ2n) is 11.8. The number of ether oxygens (including phenoxy) is 1. The number of carbonyl (C=O) groups excluding carboxylic acids is 4. The highest BCUT2D eigenvalue weighted by molar-refractivity contribution is 6.39. The summed E-state index contributed by atoms with van der Waals surface area (Å²) in [4.78, 5) is 53.9. The van der Waals surface area contributed by atoms with Crippen LogP contribution >= 0.6 is 0 Å². The van der Waals surface area contributed by atoms with Crippen LogP contribution in [-0.2, 0) is 23.9 Å². The van der Waals surface area contributed by atoms with Gasteiger partial charge in [0.05, 0.1) is 6.10 Å². The number of nitrogens with two attached hydrogens (primary N) is 1. The van der Waals surface area contributed by atoms with Crippen LogP contribution in [0.1, 0.15) is 57.8 Å². The largest absolute Gasteiger partial charge is 0.391 e. The third-order valence-corrected chi connectivity index (χ3v) is 8.91. The first-order valence-corrected chi connectivity index (χ1v) is 14.7. The Balaban J connectivity index is 1.38. The van der Waals surface area contributed by atoms with Gasteiger partial charge in [-0.1, -0.05) is 62.4 Å². The van der Waals surface area contributed by atoms with E-state index in [-0.39, 0.29) is 44.9 Å². The van der Waals surface area contributed by atoms with Crippen LogP contribution in [-0.4, -0.2) is 77.0 Å². The van der Waals surface area contributed by atoms with E-state index in [2.05, 4.69) is 10.6 Å². The molecule has 2 heterocycles. The summed E-state index contributed by atoms with van der Waals surface area (Å²) in [5, 5.41) is 19.0. The van der Waals surface area contributed by atoms with Gasteiger partial charge in [0.15, 0.2) is 0 Å². The number of carbonyl (C=O) groups is 4. The number of fused-ring (bicyclic) bond motifs is 1. The lowest BCUT2D eigenvalue weighted by Crippen LogP contribution is -2.63. The van der Waals surface area contributed by atoms with Gasteiger partial charge in [0.25, 0.3) is 5.91 Å². The normalized spacial score (nSPS) is 23.6. The average Bonchev–Trinajstić information content (AvgIpc) is 3.38. The van der Waals surface area contributed by atoms with E-state index in [1.165, 1.54) is 11.3 Å². The van der Waals surface area contributed by atoms with E-state index in [4.69, 9.17) is 10.5 Å². The van der Waals surface area contributed by atoms with Crippen LogP contribution in [0.15, 0.2) is 42.5 Å². The lowest BCUT2D eigenvalue weighted by Gasteiger charge is -2.37.